The van der Waals surface area contributed by atoms with Gasteiger partial charge in [0.2, 0.25) is 5.91 Å². The first-order valence-corrected chi connectivity index (χ1v) is 14.4. The van der Waals surface area contributed by atoms with E-state index in [0.717, 1.165) is 75.5 Å². The van der Waals surface area contributed by atoms with Crippen molar-refractivity contribution in [3.63, 3.8) is 0 Å². The summed E-state index contributed by atoms with van der Waals surface area (Å²) in [6.45, 7) is 5.26. The van der Waals surface area contributed by atoms with Crippen LogP contribution in [0.2, 0.25) is 0 Å². The Labute approximate surface area is 221 Å². The van der Waals surface area contributed by atoms with E-state index in [4.69, 9.17) is 4.74 Å². The highest BCUT2D eigenvalue weighted by Crippen LogP contribution is 2.34. The Morgan fingerprint density at radius 2 is 2.11 bits per heavy atom. The van der Waals surface area contributed by atoms with Crippen LogP contribution in [-0.4, -0.2) is 52.1 Å². The molecule has 1 fully saturated rings. The van der Waals surface area contributed by atoms with Gasteiger partial charge in [-0.25, -0.2) is 0 Å². The SMILES string of the molecule is O=C(C[C@@H]1CCCN(Cc2csc3ccccc23)C1)N1CCc2[nH]nc(-c3ccc4c(c3)CCO4)c2C1. The molecule has 0 spiro atoms. The molecule has 0 radical (unpaired) electrons. The second-order valence-electron chi connectivity index (χ2n) is 10.7. The minimum absolute atomic E-state index is 0.285. The number of likely N-dealkylation sites (tertiary alicyclic amines) is 1. The average molecular weight is 513 g/mol. The molecule has 3 aliphatic rings. The molecule has 4 aromatic rings. The van der Waals surface area contributed by atoms with E-state index in [-0.39, 0.29) is 5.91 Å². The zero-order valence-corrected chi connectivity index (χ0v) is 21.9. The van der Waals surface area contributed by atoms with Crippen LogP contribution in [-0.2, 0) is 30.7 Å². The number of aromatic nitrogens is 2. The van der Waals surface area contributed by atoms with Crippen molar-refractivity contribution >= 4 is 27.3 Å². The lowest BCUT2D eigenvalue weighted by molar-refractivity contribution is -0.133. The number of fused-ring (bicyclic) bond motifs is 3. The van der Waals surface area contributed by atoms with Gasteiger partial charge >= 0.3 is 0 Å². The fourth-order valence-electron chi connectivity index (χ4n) is 6.31. The molecule has 1 amide bonds. The first-order valence-electron chi connectivity index (χ1n) is 13.5. The number of hydrogen-bond acceptors (Lipinski definition) is 5. The zero-order valence-electron chi connectivity index (χ0n) is 21.0. The number of thiophene rings is 1. The largest absolute Gasteiger partial charge is 0.493 e. The highest BCUT2D eigenvalue weighted by atomic mass is 32.1. The molecule has 5 heterocycles. The Balaban J connectivity index is 1.01. The lowest BCUT2D eigenvalue weighted by Crippen LogP contribution is -2.40. The number of ether oxygens (including phenoxy) is 1. The number of hydrogen-bond donors (Lipinski definition) is 1. The predicted molar refractivity (Wildman–Crippen MR) is 147 cm³/mol. The molecule has 1 N–H and O–H groups in total. The Hall–Kier alpha value is -3.16. The molecule has 6 nitrogen and oxygen atoms in total. The van der Waals surface area contributed by atoms with Crippen LogP contribution in [0.5, 0.6) is 5.75 Å². The van der Waals surface area contributed by atoms with Crippen LogP contribution in [0.25, 0.3) is 21.3 Å². The number of carbonyl (C=O) groups excluding carboxylic acids is 1. The highest BCUT2D eigenvalue weighted by molar-refractivity contribution is 7.17. The first kappa shape index (κ1) is 23.0. The summed E-state index contributed by atoms with van der Waals surface area (Å²) < 4.78 is 7.03. The number of rotatable bonds is 5. The van der Waals surface area contributed by atoms with Gasteiger partial charge in [0, 0.05) is 67.0 Å². The van der Waals surface area contributed by atoms with Gasteiger partial charge in [0.25, 0.3) is 0 Å². The number of carbonyl (C=O) groups is 1. The number of nitrogens with zero attached hydrogens (tertiary/aromatic N) is 3. The summed E-state index contributed by atoms with van der Waals surface area (Å²) in [4.78, 5) is 18.1. The average Bonchev–Trinajstić information content (AvgIpc) is 3.67. The third kappa shape index (κ3) is 4.44. The van der Waals surface area contributed by atoms with Crippen molar-refractivity contribution in [2.24, 2.45) is 5.92 Å². The molecule has 2 aromatic heterocycles. The molecule has 0 bridgehead atoms. The van der Waals surface area contributed by atoms with E-state index < -0.39 is 0 Å². The molecular formula is C30H32N4O2S. The van der Waals surface area contributed by atoms with Gasteiger partial charge < -0.3 is 9.64 Å². The summed E-state index contributed by atoms with van der Waals surface area (Å²) in [5, 5.41) is 11.6. The van der Waals surface area contributed by atoms with Crippen LogP contribution in [0.3, 0.4) is 0 Å². The third-order valence-corrected chi connectivity index (χ3v) is 9.28. The van der Waals surface area contributed by atoms with Gasteiger partial charge in [-0.2, -0.15) is 5.10 Å². The normalized spacial score (nSPS) is 19.6. The summed E-state index contributed by atoms with van der Waals surface area (Å²) >= 11 is 1.83. The van der Waals surface area contributed by atoms with E-state index >= 15 is 0 Å². The number of piperidine rings is 1. The van der Waals surface area contributed by atoms with Crippen LogP contribution in [0, 0.1) is 5.92 Å². The van der Waals surface area contributed by atoms with Crippen molar-refractivity contribution in [2.45, 2.75) is 45.2 Å². The third-order valence-electron chi connectivity index (χ3n) is 8.27. The number of amides is 1. The quantitative estimate of drug-likeness (QED) is 0.388. The lowest BCUT2D eigenvalue weighted by atomic mass is 9.93. The number of aromatic amines is 1. The van der Waals surface area contributed by atoms with Crippen molar-refractivity contribution in [1.29, 1.82) is 0 Å². The van der Waals surface area contributed by atoms with E-state index in [1.807, 2.05) is 11.3 Å². The Kier molecular flexibility index (Phi) is 5.98. The molecule has 0 aliphatic carbocycles. The molecule has 1 atom stereocenters. The van der Waals surface area contributed by atoms with Crippen LogP contribution in [0.1, 0.15) is 41.6 Å². The number of benzene rings is 2. The van der Waals surface area contributed by atoms with E-state index in [2.05, 4.69) is 67.8 Å². The summed E-state index contributed by atoms with van der Waals surface area (Å²) in [7, 11) is 0. The van der Waals surface area contributed by atoms with E-state index in [1.54, 1.807) is 0 Å². The standard InChI is InChI=1S/C30H32N4O2S/c35-29(14-20-4-3-11-33(16-20)17-23-19-37-28-6-2-1-5-24(23)28)34-12-9-26-25(18-34)30(32-31-26)22-7-8-27-21(15-22)10-13-36-27/h1-2,5-8,15,19-20H,3-4,9-14,16-18H2,(H,31,32)/t20-/m0/s1. The van der Waals surface area contributed by atoms with Gasteiger partial charge in [0.05, 0.1) is 12.3 Å². The fraction of sp³-hybridized carbons (Fsp3) is 0.400. The minimum Gasteiger partial charge on any atom is -0.493 e. The Bertz CT molecular complexity index is 1460. The van der Waals surface area contributed by atoms with Crippen LogP contribution in [0.4, 0.5) is 0 Å². The molecule has 2 aromatic carbocycles. The summed E-state index contributed by atoms with van der Waals surface area (Å²) in [6, 6.07) is 15.0. The topological polar surface area (TPSA) is 61.5 Å². The number of H-pyrrole nitrogens is 1. The molecule has 1 saturated heterocycles. The number of nitrogens with one attached hydrogen (secondary N) is 1. The van der Waals surface area contributed by atoms with Gasteiger partial charge in [0.15, 0.2) is 0 Å². The van der Waals surface area contributed by atoms with Crippen LogP contribution >= 0.6 is 11.3 Å². The van der Waals surface area contributed by atoms with Gasteiger partial charge in [-0.05, 0) is 71.5 Å². The predicted octanol–water partition coefficient (Wildman–Crippen LogP) is 5.41. The zero-order chi connectivity index (χ0) is 24.8. The van der Waals surface area contributed by atoms with Gasteiger partial charge in [0.1, 0.15) is 5.75 Å². The first-order chi connectivity index (χ1) is 18.2. The fourth-order valence-corrected chi connectivity index (χ4v) is 7.27. The second-order valence-corrected chi connectivity index (χ2v) is 11.6. The maximum Gasteiger partial charge on any atom is 0.223 e. The minimum atomic E-state index is 0.285. The van der Waals surface area contributed by atoms with Crippen molar-refractivity contribution in [3.8, 4) is 17.0 Å². The molecule has 7 heteroatoms. The highest BCUT2D eigenvalue weighted by Gasteiger charge is 2.29. The summed E-state index contributed by atoms with van der Waals surface area (Å²) in [6.07, 6.45) is 4.73. The smallest absolute Gasteiger partial charge is 0.223 e. The molecule has 190 valence electrons. The Morgan fingerprint density at radius 1 is 1.16 bits per heavy atom. The van der Waals surface area contributed by atoms with Crippen molar-refractivity contribution in [3.05, 3.63) is 70.2 Å². The van der Waals surface area contributed by atoms with Crippen LogP contribution in [0.15, 0.2) is 47.8 Å². The Morgan fingerprint density at radius 3 is 3.08 bits per heavy atom. The molecular weight excluding hydrogens is 480 g/mol. The maximum atomic E-state index is 13.5. The second kappa shape index (κ2) is 9.62. The monoisotopic (exact) mass is 512 g/mol. The molecule has 7 rings (SSSR count). The van der Waals surface area contributed by atoms with E-state index in [1.165, 1.54) is 32.5 Å². The molecule has 37 heavy (non-hydrogen) atoms. The van der Waals surface area contributed by atoms with Gasteiger partial charge in [-0.3, -0.25) is 14.8 Å². The van der Waals surface area contributed by atoms with Crippen LogP contribution < -0.4 is 4.74 Å². The summed E-state index contributed by atoms with van der Waals surface area (Å²) in [5.74, 6) is 1.69. The van der Waals surface area contributed by atoms with Crippen molar-refractivity contribution in [2.75, 3.05) is 26.2 Å². The summed E-state index contributed by atoms with van der Waals surface area (Å²) in [5.41, 5.74) is 7.10. The van der Waals surface area contributed by atoms with E-state index in [0.29, 0.717) is 18.9 Å². The van der Waals surface area contributed by atoms with Gasteiger partial charge in [-0.1, -0.05) is 18.2 Å². The maximum absolute atomic E-state index is 13.5. The molecule has 3 aliphatic heterocycles. The van der Waals surface area contributed by atoms with Gasteiger partial charge in [-0.15, -0.1) is 11.3 Å². The van der Waals surface area contributed by atoms with Crippen molar-refractivity contribution in [1.82, 2.24) is 20.0 Å². The molecule has 0 saturated carbocycles. The van der Waals surface area contributed by atoms with Crippen molar-refractivity contribution < 1.29 is 9.53 Å². The van der Waals surface area contributed by atoms with E-state index in [9.17, 15) is 4.79 Å². The molecule has 0 unspecified atom stereocenters. The lowest BCUT2D eigenvalue weighted by Gasteiger charge is -2.34.